The molecule has 2 nitrogen and oxygen atoms in total. The Morgan fingerprint density at radius 3 is 2.88 bits per heavy atom. The van der Waals surface area contributed by atoms with Crippen LogP contribution >= 0.6 is 12.6 Å². The van der Waals surface area contributed by atoms with Gasteiger partial charge in [-0.15, -0.1) is 0 Å². The van der Waals surface area contributed by atoms with Crippen molar-refractivity contribution < 1.29 is 0 Å². The molecule has 0 aliphatic carbocycles. The van der Waals surface area contributed by atoms with Gasteiger partial charge in [0.05, 0.1) is 0 Å². The van der Waals surface area contributed by atoms with Gasteiger partial charge in [-0.25, -0.2) is 0 Å². The van der Waals surface area contributed by atoms with Crippen LogP contribution in [0.25, 0.3) is 0 Å². The molecule has 0 unspecified atom stereocenters. The van der Waals surface area contributed by atoms with Gasteiger partial charge in [-0.2, -0.15) is 12.6 Å². The summed E-state index contributed by atoms with van der Waals surface area (Å²) in [5.74, 6) is 7.13. The Bertz CT molecular complexity index is 414. The molecule has 0 aromatic heterocycles. The Hall–Kier alpha value is -1.11. The van der Waals surface area contributed by atoms with Crippen LogP contribution in [-0.2, 0) is 0 Å². The average molecular weight is 246 g/mol. The number of rotatable bonds is 2. The van der Waals surface area contributed by atoms with Crippen molar-refractivity contribution in [2.75, 3.05) is 36.8 Å². The fourth-order valence-corrected chi connectivity index (χ4v) is 2.04. The zero-order valence-electron chi connectivity index (χ0n) is 9.95. The molecule has 17 heavy (non-hydrogen) atoms. The third-order valence-corrected chi connectivity index (χ3v) is 3.02. The van der Waals surface area contributed by atoms with Gasteiger partial charge in [0.1, 0.15) is 0 Å². The molecule has 0 amide bonds. The van der Waals surface area contributed by atoms with E-state index in [-0.39, 0.29) is 0 Å². The van der Waals surface area contributed by atoms with Crippen LogP contribution in [0.3, 0.4) is 0 Å². The molecule has 1 heterocycles. The summed E-state index contributed by atoms with van der Waals surface area (Å²) < 4.78 is 0. The van der Waals surface area contributed by atoms with Crippen LogP contribution in [0.4, 0.5) is 5.69 Å². The summed E-state index contributed by atoms with van der Waals surface area (Å²) in [5, 5.41) is 3.36. The summed E-state index contributed by atoms with van der Waals surface area (Å²) >= 11 is 4.15. The third-order valence-electron chi connectivity index (χ3n) is 2.80. The largest absolute Gasteiger partial charge is 0.369 e. The normalized spacial score (nSPS) is 15.2. The maximum atomic E-state index is 4.15. The predicted octanol–water partition coefficient (Wildman–Crippen LogP) is 1.77. The van der Waals surface area contributed by atoms with E-state index in [1.807, 2.05) is 0 Å². The molecule has 1 N–H and O–H groups in total. The number of thiol groups is 1. The first-order valence-electron chi connectivity index (χ1n) is 6.05. The van der Waals surface area contributed by atoms with Crippen LogP contribution in [0.1, 0.15) is 12.0 Å². The maximum absolute atomic E-state index is 4.15. The standard InChI is InChI=1S/C14H18N2S/c17-11-2-1-4-13-5-3-6-14(12-13)16-9-7-15-8-10-16/h3,5-6,12,15,17H,2,7-11H2. The molecule has 1 aliphatic heterocycles. The van der Waals surface area contributed by atoms with Crippen LogP contribution in [0.5, 0.6) is 0 Å². The van der Waals surface area contributed by atoms with Crippen molar-refractivity contribution in [3.05, 3.63) is 29.8 Å². The maximum Gasteiger partial charge on any atom is 0.0379 e. The number of anilines is 1. The van der Waals surface area contributed by atoms with Crippen molar-refractivity contribution in [2.45, 2.75) is 6.42 Å². The van der Waals surface area contributed by atoms with E-state index < -0.39 is 0 Å². The quantitative estimate of drug-likeness (QED) is 0.611. The lowest BCUT2D eigenvalue weighted by molar-refractivity contribution is 0.589. The number of nitrogens with zero attached hydrogens (tertiary/aromatic N) is 1. The SMILES string of the molecule is SCCC#Cc1cccc(N2CCNCC2)c1. The smallest absolute Gasteiger partial charge is 0.0379 e. The van der Waals surface area contributed by atoms with Gasteiger partial charge < -0.3 is 10.2 Å². The monoisotopic (exact) mass is 246 g/mol. The van der Waals surface area contributed by atoms with Crippen LogP contribution in [0.2, 0.25) is 0 Å². The fraction of sp³-hybridized carbons (Fsp3) is 0.429. The number of piperazine rings is 1. The molecule has 1 fully saturated rings. The highest BCUT2D eigenvalue weighted by atomic mass is 32.1. The lowest BCUT2D eigenvalue weighted by Crippen LogP contribution is -2.43. The van der Waals surface area contributed by atoms with Gasteiger partial charge in [-0.3, -0.25) is 0 Å². The first-order valence-corrected chi connectivity index (χ1v) is 6.69. The Balaban J connectivity index is 2.08. The van der Waals surface area contributed by atoms with E-state index in [0.717, 1.165) is 43.9 Å². The van der Waals surface area contributed by atoms with E-state index in [4.69, 9.17) is 0 Å². The molecule has 0 atom stereocenters. The highest BCUT2D eigenvalue weighted by Gasteiger charge is 2.09. The van der Waals surface area contributed by atoms with E-state index in [1.165, 1.54) is 5.69 Å². The zero-order chi connectivity index (χ0) is 11.9. The van der Waals surface area contributed by atoms with Crippen molar-refractivity contribution in [3.8, 4) is 11.8 Å². The van der Waals surface area contributed by atoms with Crippen LogP contribution < -0.4 is 10.2 Å². The van der Waals surface area contributed by atoms with E-state index in [9.17, 15) is 0 Å². The molecular weight excluding hydrogens is 228 g/mol. The Kier molecular flexibility index (Phi) is 4.78. The highest BCUT2D eigenvalue weighted by Crippen LogP contribution is 2.16. The average Bonchev–Trinajstić information content (AvgIpc) is 2.41. The summed E-state index contributed by atoms with van der Waals surface area (Å²) in [4.78, 5) is 2.40. The number of benzene rings is 1. The van der Waals surface area contributed by atoms with Gasteiger partial charge in [0.2, 0.25) is 0 Å². The van der Waals surface area contributed by atoms with Gasteiger partial charge in [0.15, 0.2) is 0 Å². The second-order valence-electron chi connectivity index (χ2n) is 4.06. The molecule has 90 valence electrons. The van der Waals surface area contributed by atoms with Crippen molar-refractivity contribution in [1.82, 2.24) is 5.32 Å². The molecule has 0 saturated carbocycles. The molecule has 0 radical (unpaired) electrons. The Morgan fingerprint density at radius 2 is 2.12 bits per heavy atom. The molecule has 1 aromatic rings. The molecule has 1 aromatic carbocycles. The van der Waals surface area contributed by atoms with Crippen LogP contribution in [0, 0.1) is 11.8 Å². The predicted molar refractivity (Wildman–Crippen MR) is 76.9 cm³/mol. The number of hydrogen-bond donors (Lipinski definition) is 2. The minimum atomic E-state index is 0.824. The van der Waals surface area contributed by atoms with Gasteiger partial charge in [0.25, 0.3) is 0 Å². The summed E-state index contributed by atoms with van der Waals surface area (Å²) in [6, 6.07) is 8.49. The number of nitrogens with one attached hydrogen (secondary N) is 1. The van der Waals surface area contributed by atoms with E-state index >= 15 is 0 Å². The first kappa shape index (κ1) is 12.3. The van der Waals surface area contributed by atoms with Crippen molar-refractivity contribution in [3.63, 3.8) is 0 Å². The highest BCUT2D eigenvalue weighted by molar-refractivity contribution is 7.80. The Labute approximate surface area is 109 Å². The molecule has 2 rings (SSSR count). The summed E-state index contributed by atoms with van der Waals surface area (Å²) in [7, 11) is 0. The minimum absolute atomic E-state index is 0.824. The molecule has 1 saturated heterocycles. The van der Waals surface area contributed by atoms with E-state index in [2.05, 4.69) is 59.0 Å². The van der Waals surface area contributed by atoms with E-state index in [0.29, 0.717) is 0 Å². The summed E-state index contributed by atoms with van der Waals surface area (Å²) in [5.41, 5.74) is 2.38. The summed E-state index contributed by atoms with van der Waals surface area (Å²) in [6.45, 7) is 4.28. The van der Waals surface area contributed by atoms with Crippen LogP contribution in [0.15, 0.2) is 24.3 Å². The van der Waals surface area contributed by atoms with Gasteiger partial charge in [-0.05, 0) is 18.2 Å². The molecule has 1 aliphatic rings. The lowest BCUT2D eigenvalue weighted by atomic mass is 10.1. The van der Waals surface area contributed by atoms with Gasteiger partial charge in [0, 0.05) is 49.6 Å². The second kappa shape index (κ2) is 6.58. The topological polar surface area (TPSA) is 15.3 Å². The molecule has 0 spiro atoms. The third kappa shape index (κ3) is 3.69. The summed E-state index contributed by atoms with van der Waals surface area (Å²) in [6.07, 6.45) is 0.848. The Morgan fingerprint density at radius 1 is 1.29 bits per heavy atom. The molecule has 3 heteroatoms. The van der Waals surface area contributed by atoms with Crippen molar-refractivity contribution in [2.24, 2.45) is 0 Å². The lowest BCUT2D eigenvalue weighted by Gasteiger charge is -2.29. The van der Waals surface area contributed by atoms with Crippen LogP contribution in [-0.4, -0.2) is 31.9 Å². The second-order valence-corrected chi connectivity index (χ2v) is 4.51. The van der Waals surface area contributed by atoms with Crippen molar-refractivity contribution >= 4 is 18.3 Å². The fourth-order valence-electron chi connectivity index (χ4n) is 1.92. The molecular formula is C14H18N2S. The molecule has 0 bridgehead atoms. The van der Waals surface area contributed by atoms with Gasteiger partial charge >= 0.3 is 0 Å². The van der Waals surface area contributed by atoms with Crippen molar-refractivity contribution in [1.29, 1.82) is 0 Å². The number of hydrogen-bond acceptors (Lipinski definition) is 3. The van der Waals surface area contributed by atoms with Gasteiger partial charge in [-0.1, -0.05) is 17.9 Å². The van der Waals surface area contributed by atoms with E-state index in [1.54, 1.807) is 0 Å². The first-order chi connectivity index (χ1) is 8.40. The minimum Gasteiger partial charge on any atom is -0.369 e. The zero-order valence-corrected chi connectivity index (χ0v) is 10.8.